The van der Waals surface area contributed by atoms with Crippen LogP contribution >= 0.6 is 11.3 Å². The van der Waals surface area contributed by atoms with Gasteiger partial charge in [0, 0.05) is 31.6 Å². The molecule has 2 aromatic rings. The Morgan fingerprint density at radius 3 is 2.75 bits per heavy atom. The van der Waals surface area contributed by atoms with Gasteiger partial charge in [0.15, 0.2) is 0 Å². The Bertz CT molecular complexity index is 656. The number of nitrogens with zero attached hydrogens (tertiary/aromatic N) is 2. The van der Waals surface area contributed by atoms with E-state index in [1.807, 2.05) is 30.3 Å². The van der Waals surface area contributed by atoms with Gasteiger partial charge >= 0.3 is 0 Å². The molecule has 0 saturated carbocycles. The molecule has 3 N–H and O–H groups in total. The van der Waals surface area contributed by atoms with E-state index in [-0.39, 0.29) is 11.9 Å². The quantitative estimate of drug-likeness (QED) is 0.826. The molecule has 0 bridgehead atoms. The normalized spacial score (nSPS) is 16.7. The van der Waals surface area contributed by atoms with Gasteiger partial charge in [0.1, 0.15) is 10.7 Å². The van der Waals surface area contributed by atoms with Crippen LogP contribution in [-0.4, -0.2) is 48.6 Å². The van der Waals surface area contributed by atoms with Crippen molar-refractivity contribution in [3.63, 3.8) is 0 Å². The predicted molar refractivity (Wildman–Crippen MR) is 93.9 cm³/mol. The van der Waals surface area contributed by atoms with Crippen LogP contribution in [0.5, 0.6) is 0 Å². The summed E-state index contributed by atoms with van der Waals surface area (Å²) in [6, 6.07) is 9.95. The minimum absolute atomic E-state index is 0.0835. The monoisotopic (exact) mass is 346 g/mol. The first-order chi connectivity index (χ1) is 11.8. The van der Waals surface area contributed by atoms with Crippen molar-refractivity contribution in [3.8, 4) is 0 Å². The predicted octanol–water partition coefficient (Wildman–Crippen LogP) is 1.41. The number of benzene rings is 1. The molecule has 1 unspecified atom stereocenters. The molecule has 1 amide bonds. The number of rotatable bonds is 6. The molecular formula is C17H22N4O2S. The second-order valence-electron chi connectivity index (χ2n) is 5.68. The third-order valence-electron chi connectivity index (χ3n) is 4.01. The lowest BCUT2D eigenvalue weighted by atomic mass is 10.1. The van der Waals surface area contributed by atoms with Crippen LogP contribution in [0.15, 0.2) is 35.7 Å². The molecule has 128 valence electrons. The molecule has 1 saturated heterocycles. The van der Waals surface area contributed by atoms with E-state index in [2.05, 4.69) is 15.2 Å². The fourth-order valence-corrected chi connectivity index (χ4v) is 3.36. The van der Waals surface area contributed by atoms with Gasteiger partial charge in [-0.2, -0.15) is 0 Å². The van der Waals surface area contributed by atoms with E-state index in [9.17, 15) is 4.79 Å². The Labute approximate surface area is 145 Å². The number of carbonyl (C=O) groups excluding carboxylic acids is 1. The van der Waals surface area contributed by atoms with E-state index in [4.69, 9.17) is 10.5 Å². The van der Waals surface area contributed by atoms with Gasteiger partial charge in [-0.15, -0.1) is 11.3 Å². The summed E-state index contributed by atoms with van der Waals surface area (Å²) in [6.45, 7) is 4.35. The molecule has 24 heavy (non-hydrogen) atoms. The Hall–Kier alpha value is -1.80. The summed E-state index contributed by atoms with van der Waals surface area (Å²) in [5.74, 6) is -0.159. The third-order valence-corrected chi connectivity index (χ3v) is 4.88. The van der Waals surface area contributed by atoms with Gasteiger partial charge in [-0.3, -0.25) is 9.69 Å². The number of aromatic nitrogens is 1. The van der Waals surface area contributed by atoms with Crippen molar-refractivity contribution in [1.29, 1.82) is 0 Å². The highest BCUT2D eigenvalue weighted by Crippen LogP contribution is 2.17. The van der Waals surface area contributed by atoms with E-state index >= 15 is 0 Å². The highest BCUT2D eigenvalue weighted by molar-refractivity contribution is 7.09. The number of ether oxygens (including phenoxy) is 1. The molecule has 1 aromatic carbocycles. The van der Waals surface area contributed by atoms with Gasteiger partial charge < -0.3 is 15.8 Å². The average Bonchev–Trinajstić information content (AvgIpc) is 3.12. The summed E-state index contributed by atoms with van der Waals surface area (Å²) in [5, 5.41) is 5.64. The fraction of sp³-hybridized carbons (Fsp3) is 0.412. The number of hydrogen-bond acceptors (Lipinski definition) is 6. The molecule has 0 aliphatic carbocycles. The van der Waals surface area contributed by atoms with Crippen LogP contribution in [0.3, 0.4) is 0 Å². The summed E-state index contributed by atoms with van der Waals surface area (Å²) in [4.78, 5) is 19.1. The van der Waals surface area contributed by atoms with Crippen molar-refractivity contribution in [3.05, 3.63) is 52.0 Å². The number of nitrogens with two attached hydrogens (primary N) is 1. The van der Waals surface area contributed by atoms with E-state index in [1.54, 1.807) is 5.38 Å². The Kier molecular flexibility index (Phi) is 5.92. The summed E-state index contributed by atoms with van der Waals surface area (Å²) in [7, 11) is 0. The summed E-state index contributed by atoms with van der Waals surface area (Å²) in [6.07, 6.45) is 0. The minimum atomic E-state index is -0.159. The fourth-order valence-electron chi connectivity index (χ4n) is 2.70. The molecule has 6 nitrogen and oxygen atoms in total. The standard InChI is InChI=1S/C17H22N4O2S/c18-10-16-19-15(12-24-16)17(22)20-14(13-4-2-1-3-5-13)11-21-6-8-23-9-7-21/h1-5,12,14H,6-11,18H2,(H,20,22). The molecule has 3 rings (SSSR count). The zero-order chi connectivity index (χ0) is 16.8. The Balaban J connectivity index is 1.72. The maximum atomic E-state index is 12.5. The van der Waals surface area contributed by atoms with Gasteiger partial charge in [-0.25, -0.2) is 4.98 Å². The first-order valence-electron chi connectivity index (χ1n) is 8.06. The number of thiazole rings is 1. The van der Waals surface area contributed by atoms with Crippen molar-refractivity contribution in [2.45, 2.75) is 12.6 Å². The molecule has 1 fully saturated rings. The van der Waals surface area contributed by atoms with Crippen molar-refractivity contribution >= 4 is 17.2 Å². The first kappa shape index (κ1) is 17.0. The van der Waals surface area contributed by atoms with Crippen molar-refractivity contribution in [2.75, 3.05) is 32.8 Å². The first-order valence-corrected chi connectivity index (χ1v) is 8.94. The van der Waals surface area contributed by atoms with Crippen LogP contribution < -0.4 is 11.1 Å². The third kappa shape index (κ3) is 4.39. The minimum Gasteiger partial charge on any atom is -0.379 e. The van der Waals surface area contributed by atoms with Crippen molar-refractivity contribution in [1.82, 2.24) is 15.2 Å². The zero-order valence-corrected chi connectivity index (χ0v) is 14.3. The van der Waals surface area contributed by atoms with Crippen LogP contribution in [0.25, 0.3) is 0 Å². The Morgan fingerprint density at radius 1 is 1.33 bits per heavy atom. The van der Waals surface area contributed by atoms with E-state index < -0.39 is 0 Å². The molecule has 1 aliphatic heterocycles. The van der Waals surface area contributed by atoms with Crippen molar-refractivity contribution < 1.29 is 9.53 Å². The second-order valence-corrected chi connectivity index (χ2v) is 6.62. The van der Waals surface area contributed by atoms with Crippen LogP contribution in [0, 0.1) is 0 Å². The van der Waals surface area contributed by atoms with E-state index in [1.165, 1.54) is 11.3 Å². The number of morpholine rings is 1. The van der Waals surface area contributed by atoms with Crippen LogP contribution in [-0.2, 0) is 11.3 Å². The van der Waals surface area contributed by atoms with Crippen LogP contribution in [0.1, 0.15) is 27.1 Å². The highest BCUT2D eigenvalue weighted by Gasteiger charge is 2.21. The second kappa shape index (κ2) is 8.34. The van der Waals surface area contributed by atoms with E-state index in [0.717, 1.165) is 43.4 Å². The van der Waals surface area contributed by atoms with Gasteiger partial charge in [0.25, 0.3) is 5.91 Å². The summed E-state index contributed by atoms with van der Waals surface area (Å²) < 4.78 is 5.40. The smallest absolute Gasteiger partial charge is 0.271 e. The largest absolute Gasteiger partial charge is 0.379 e. The number of carbonyl (C=O) groups is 1. The lowest BCUT2D eigenvalue weighted by Crippen LogP contribution is -2.43. The maximum absolute atomic E-state index is 12.5. The summed E-state index contributed by atoms with van der Waals surface area (Å²) >= 11 is 1.41. The molecule has 1 atom stereocenters. The van der Waals surface area contributed by atoms with Crippen molar-refractivity contribution in [2.24, 2.45) is 5.73 Å². The molecule has 0 radical (unpaired) electrons. The van der Waals surface area contributed by atoms with Gasteiger partial charge in [-0.1, -0.05) is 30.3 Å². The average molecular weight is 346 g/mol. The van der Waals surface area contributed by atoms with E-state index in [0.29, 0.717) is 12.2 Å². The lowest BCUT2D eigenvalue weighted by molar-refractivity contribution is 0.0332. The molecule has 7 heteroatoms. The maximum Gasteiger partial charge on any atom is 0.271 e. The summed E-state index contributed by atoms with van der Waals surface area (Å²) in [5.41, 5.74) is 7.10. The molecule has 1 aliphatic rings. The lowest BCUT2D eigenvalue weighted by Gasteiger charge is -2.31. The molecule has 2 heterocycles. The van der Waals surface area contributed by atoms with Gasteiger partial charge in [-0.05, 0) is 5.56 Å². The zero-order valence-electron chi connectivity index (χ0n) is 13.5. The van der Waals surface area contributed by atoms with Gasteiger partial charge in [0.2, 0.25) is 0 Å². The topological polar surface area (TPSA) is 80.5 Å². The number of nitrogens with one attached hydrogen (secondary N) is 1. The molecular weight excluding hydrogens is 324 g/mol. The molecule has 0 spiro atoms. The van der Waals surface area contributed by atoms with Crippen LogP contribution in [0.4, 0.5) is 0 Å². The number of hydrogen-bond donors (Lipinski definition) is 2. The number of amides is 1. The van der Waals surface area contributed by atoms with Gasteiger partial charge in [0.05, 0.1) is 19.3 Å². The molecule has 1 aromatic heterocycles. The Morgan fingerprint density at radius 2 is 2.08 bits per heavy atom. The SMILES string of the molecule is NCc1nc(C(=O)NC(CN2CCOCC2)c2ccccc2)cs1. The van der Waals surface area contributed by atoms with Crippen LogP contribution in [0.2, 0.25) is 0 Å². The highest BCUT2D eigenvalue weighted by atomic mass is 32.1.